The summed E-state index contributed by atoms with van der Waals surface area (Å²) in [7, 11) is 0. The number of esters is 1. The summed E-state index contributed by atoms with van der Waals surface area (Å²) in [6.07, 6.45) is 5.41. The van der Waals surface area contributed by atoms with Crippen LogP contribution >= 0.6 is 0 Å². The normalized spacial score (nSPS) is 29.2. The third-order valence-corrected chi connectivity index (χ3v) is 7.96. The number of benzene rings is 2. The Morgan fingerprint density at radius 1 is 0.944 bits per heavy atom. The standard InChI is InChI=1S/C29H28N2O5/c1-15(2)14-36-29(35)16-6-8-18(9-7-16)30-26(32)17-4-3-5-19(12-17)31-27(33)24-20-10-11-21(23-13-22(20)23)25(24)28(31)34/h3-12,15,20-25H,13-14H2,1-2H3,(H,30,32)/t20-,21+,22-,23-,24+,25+/m1/s1. The molecule has 0 unspecified atom stereocenters. The van der Waals surface area contributed by atoms with E-state index in [2.05, 4.69) is 17.5 Å². The predicted molar refractivity (Wildman–Crippen MR) is 133 cm³/mol. The molecule has 7 heteroatoms. The molecule has 2 aromatic carbocycles. The van der Waals surface area contributed by atoms with Gasteiger partial charge in [0.25, 0.3) is 5.91 Å². The van der Waals surface area contributed by atoms with Crippen LogP contribution in [0.4, 0.5) is 11.4 Å². The van der Waals surface area contributed by atoms with Crippen LogP contribution in [0.1, 0.15) is 41.0 Å². The molecule has 184 valence electrons. The van der Waals surface area contributed by atoms with Crippen LogP contribution in [0.3, 0.4) is 0 Å². The summed E-state index contributed by atoms with van der Waals surface area (Å²) in [6.45, 7) is 4.27. The van der Waals surface area contributed by atoms with Crippen molar-refractivity contribution in [1.82, 2.24) is 0 Å². The van der Waals surface area contributed by atoms with Gasteiger partial charge in [-0.3, -0.25) is 14.4 Å². The highest BCUT2D eigenvalue weighted by molar-refractivity contribution is 6.23. The van der Waals surface area contributed by atoms with Gasteiger partial charge in [0.1, 0.15) is 0 Å². The van der Waals surface area contributed by atoms with Crippen molar-refractivity contribution in [2.24, 2.45) is 41.4 Å². The number of imide groups is 1. The molecule has 0 radical (unpaired) electrons. The van der Waals surface area contributed by atoms with E-state index in [1.54, 1.807) is 48.5 Å². The summed E-state index contributed by atoms with van der Waals surface area (Å²) in [5, 5.41) is 2.81. The van der Waals surface area contributed by atoms with E-state index in [0.29, 0.717) is 40.9 Å². The third-order valence-electron chi connectivity index (χ3n) is 7.96. The van der Waals surface area contributed by atoms with Crippen molar-refractivity contribution in [2.75, 3.05) is 16.8 Å². The summed E-state index contributed by atoms with van der Waals surface area (Å²) in [6, 6.07) is 13.1. The van der Waals surface area contributed by atoms with E-state index in [9.17, 15) is 19.2 Å². The van der Waals surface area contributed by atoms with E-state index in [-0.39, 0.29) is 47.3 Å². The topological polar surface area (TPSA) is 92.8 Å². The Morgan fingerprint density at radius 3 is 2.19 bits per heavy atom. The maximum absolute atomic E-state index is 13.4. The van der Waals surface area contributed by atoms with Crippen LogP contribution in [0.5, 0.6) is 0 Å². The number of anilines is 2. The fourth-order valence-corrected chi connectivity index (χ4v) is 6.22. The Labute approximate surface area is 209 Å². The third kappa shape index (κ3) is 3.65. The van der Waals surface area contributed by atoms with Crippen molar-refractivity contribution in [3.05, 3.63) is 71.8 Å². The molecule has 2 bridgehead atoms. The molecular formula is C29H28N2O5. The Morgan fingerprint density at radius 2 is 1.58 bits per heavy atom. The summed E-state index contributed by atoms with van der Waals surface area (Å²) >= 11 is 0. The average Bonchev–Trinajstić information content (AvgIpc) is 3.66. The number of nitrogens with zero attached hydrogens (tertiary/aromatic N) is 1. The second-order valence-electron chi connectivity index (χ2n) is 10.7. The van der Waals surface area contributed by atoms with Crippen molar-refractivity contribution < 1.29 is 23.9 Å². The van der Waals surface area contributed by atoms with Crippen molar-refractivity contribution in [1.29, 1.82) is 0 Å². The Kier molecular flexibility index (Phi) is 5.32. The molecule has 1 heterocycles. The molecule has 7 rings (SSSR count). The summed E-state index contributed by atoms with van der Waals surface area (Å²) in [5.74, 6) is 0.0144. The molecule has 1 N–H and O–H groups in total. The highest BCUT2D eigenvalue weighted by Crippen LogP contribution is 2.65. The second kappa shape index (κ2) is 8.43. The smallest absolute Gasteiger partial charge is 0.338 e. The molecular weight excluding hydrogens is 456 g/mol. The first-order valence-corrected chi connectivity index (χ1v) is 12.6. The first-order valence-electron chi connectivity index (χ1n) is 12.6. The van der Waals surface area contributed by atoms with Crippen molar-refractivity contribution >= 4 is 35.1 Å². The lowest BCUT2D eigenvalue weighted by atomic mass is 9.63. The highest BCUT2D eigenvalue weighted by Gasteiger charge is 2.67. The lowest BCUT2D eigenvalue weighted by Gasteiger charge is -2.37. The number of rotatable bonds is 6. The minimum absolute atomic E-state index is 0.146. The number of nitrogens with one attached hydrogen (secondary N) is 1. The van der Waals surface area contributed by atoms with Crippen molar-refractivity contribution in [2.45, 2.75) is 20.3 Å². The number of amides is 3. The molecule has 0 aromatic heterocycles. The molecule has 36 heavy (non-hydrogen) atoms. The minimum atomic E-state index is -0.407. The molecule has 7 nitrogen and oxygen atoms in total. The Bertz CT molecular complexity index is 1260. The van der Waals surface area contributed by atoms with E-state index in [0.717, 1.165) is 6.42 Å². The molecule has 4 aliphatic carbocycles. The monoisotopic (exact) mass is 484 g/mol. The maximum Gasteiger partial charge on any atom is 0.338 e. The van der Waals surface area contributed by atoms with Crippen LogP contribution in [0, 0.1) is 41.4 Å². The average molecular weight is 485 g/mol. The molecule has 0 spiro atoms. The van der Waals surface area contributed by atoms with Gasteiger partial charge in [0.05, 0.1) is 29.7 Å². The first-order chi connectivity index (χ1) is 17.3. The quantitative estimate of drug-likeness (QED) is 0.375. The highest BCUT2D eigenvalue weighted by atomic mass is 16.5. The molecule has 2 saturated carbocycles. The van der Waals surface area contributed by atoms with Gasteiger partial charge < -0.3 is 10.1 Å². The van der Waals surface area contributed by atoms with Gasteiger partial charge in [-0.1, -0.05) is 32.1 Å². The zero-order chi connectivity index (χ0) is 25.1. The lowest BCUT2D eigenvalue weighted by molar-refractivity contribution is -0.124. The summed E-state index contributed by atoms with van der Waals surface area (Å²) in [4.78, 5) is 53.1. The van der Waals surface area contributed by atoms with Gasteiger partial charge in [-0.25, -0.2) is 9.69 Å². The van der Waals surface area contributed by atoms with E-state index in [4.69, 9.17) is 4.74 Å². The van der Waals surface area contributed by atoms with E-state index < -0.39 is 5.97 Å². The number of allylic oxidation sites excluding steroid dienone is 2. The molecule has 5 aliphatic rings. The van der Waals surface area contributed by atoms with Crippen molar-refractivity contribution in [3.8, 4) is 0 Å². The van der Waals surface area contributed by atoms with E-state index in [1.165, 1.54) is 4.90 Å². The Hall–Kier alpha value is -3.74. The predicted octanol–water partition coefficient (Wildman–Crippen LogP) is 4.31. The fraction of sp³-hybridized carbons (Fsp3) is 0.379. The first kappa shape index (κ1) is 22.7. The maximum atomic E-state index is 13.4. The zero-order valence-electron chi connectivity index (χ0n) is 20.2. The molecule has 3 amide bonds. The number of ether oxygens (including phenoxy) is 1. The van der Waals surface area contributed by atoms with Crippen molar-refractivity contribution in [3.63, 3.8) is 0 Å². The fourth-order valence-electron chi connectivity index (χ4n) is 6.22. The van der Waals surface area contributed by atoms with Crippen LogP contribution in [-0.2, 0) is 14.3 Å². The second-order valence-corrected chi connectivity index (χ2v) is 10.7. The van der Waals surface area contributed by atoms with Gasteiger partial charge >= 0.3 is 5.97 Å². The number of carbonyl (C=O) groups is 4. The molecule has 3 fully saturated rings. The van der Waals surface area contributed by atoms with E-state index in [1.807, 2.05) is 13.8 Å². The number of carbonyl (C=O) groups excluding carboxylic acids is 4. The van der Waals surface area contributed by atoms with Crippen LogP contribution in [-0.4, -0.2) is 30.3 Å². The zero-order valence-corrected chi connectivity index (χ0v) is 20.2. The summed E-state index contributed by atoms with van der Waals surface area (Å²) < 4.78 is 5.23. The van der Waals surface area contributed by atoms with Gasteiger partial charge in [-0.05, 0) is 78.5 Å². The molecule has 2 aromatic rings. The van der Waals surface area contributed by atoms with Crippen LogP contribution in [0.2, 0.25) is 0 Å². The molecule has 1 aliphatic heterocycles. The van der Waals surface area contributed by atoms with Crippen LogP contribution in [0.15, 0.2) is 60.7 Å². The Balaban J connectivity index is 1.16. The van der Waals surface area contributed by atoms with E-state index >= 15 is 0 Å². The SMILES string of the molecule is CC(C)COC(=O)c1ccc(NC(=O)c2cccc(N3C(=O)[C@H]4[C@@H]5C=C[C@@H]([C@H]6C[C@H]56)[C@@H]4C3=O)c2)cc1. The van der Waals surface area contributed by atoms with Crippen LogP contribution < -0.4 is 10.2 Å². The minimum Gasteiger partial charge on any atom is -0.462 e. The van der Waals surface area contributed by atoms with Gasteiger partial charge in [0, 0.05) is 11.3 Å². The lowest BCUT2D eigenvalue weighted by Crippen LogP contribution is -2.40. The van der Waals surface area contributed by atoms with Gasteiger partial charge in [-0.15, -0.1) is 0 Å². The van der Waals surface area contributed by atoms with Crippen LogP contribution in [0.25, 0.3) is 0 Å². The molecule has 1 saturated heterocycles. The van der Waals surface area contributed by atoms with Gasteiger partial charge in [-0.2, -0.15) is 0 Å². The molecule has 6 atom stereocenters. The van der Waals surface area contributed by atoms with Gasteiger partial charge in [0.15, 0.2) is 0 Å². The number of hydrogen-bond acceptors (Lipinski definition) is 5. The summed E-state index contributed by atoms with van der Waals surface area (Å²) in [5.41, 5.74) is 1.70. The number of hydrogen-bond donors (Lipinski definition) is 1. The largest absolute Gasteiger partial charge is 0.462 e. The van der Waals surface area contributed by atoms with Gasteiger partial charge in [0.2, 0.25) is 11.8 Å².